The van der Waals surface area contributed by atoms with Crippen LogP contribution in [0.4, 0.5) is 5.69 Å². The number of hydrogen-bond donors (Lipinski definition) is 1. The molecule has 0 aliphatic carbocycles. The summed E-state index contributed by atoms with van der Waals surface area (Å²) in [7, 11) is 0. The molecule has 3 aromatic rings. The van der Waals surface area contributed by atoms with E-state index < -0.39 is 0 Å². The van der Waals surface area contributed by atoms with E-state index in [1.165, 1.54) is 10.6 Å². The molecule has 0 unspecified atom stereocenters. The van der Waals surface area contributed by atoms with Crippen LogP contribution in [0.3, 0.4) is 0 Å². The van der Waals surface area contributed by atoms with Gasteiger partial charge in [0.1, 0.15) is 12.2 Å². The summed E-state index contributed by atoms with van der Waals surface area (Å²) in [4.78, 5) is 11.0. The zero-order valence-corrected chi connectivity index (χ0v) is 21.0. The number of nitrogens with one attached hydrogen (secondary N) is 1. The van der Waals surface area contributed by atoms with Crippen LogP contribution < -0.4 is 10.2 Å². The first-order valence-corrected chi connectivity index (χ1v) is 11.4. The van der Waals surface area contributed by atoms with E-state index in [4.69, 9.17) is 4.99 Å². The lowest BCUT2D eigenvalue weighted by Crippen LogP contribution is -2.53. The summed E-state index contributed by atoms with van der Waals surface area (Å²) in [6.45, 7) is 8.35. The van der Waals surface area contributed by atoms with Gasteiger partial charge >= 0.3 is 0 Å². The second-order valence-electron chi connectivity index (χ2n) is 7.25. The summed E-state index contributed by atoms with van der Waals surface area (Å²) < 4.78 is 2.11. The second-order valence-corrected chi connectivity index (χ2v) is 8.28. The van der Waals surface area contributed by atoms with Crippen LogP contribution in [-0.4, -0.2) is 58.3 Å². The predicted molar refractivity (Wildman–Crippen MR) is 139 cm³/mol. The van der Waals surface area contributed by atoms with E-state index in [9.17, 15) is 0 Å². The van der Waals surface area contributed by atoms with Gasteiger partial charge in [-0.05, 0) is 23.6 Å². The predicted octanol–water partition coefficient (Wildman–Crippen LogP) is 3.49. The van der Waals surface area contributed by atoms with Crippen LogP contribution in [-0.2, 0) is 19.5 Å². The number of guanidine groups is 1. The maximum Gasteiger partial charge on any atom is 0.194 e. The Hall–Kier alpha value is -2.14. The number of anilines is 1. The first-order valence-electron chi connectivity index (χ1n) is 10.6. The van der Waals surface area contributed by atoms with Crippen molar-refractivity contribution in [1.82, 2.24) is 25.0 Å². The number of thiophene rings is 1. The van der Waals surface area contributed by atoms with Crippen molar-refractivity contribution in [1.29, 1.82) is 0 Å². The van der Waals surface area contributed by atoms with Crippen molar-refractivity contribution in [2.24, 2.45) is 4.99 Å². The molecule has 0 spiro atoms. The molecule has 0 amide bonds. The molecule has 9 heteroatoms. The summed E-state index contributed by atoms with van der Waals surface area (Å²) >= 11 is 1.75. The molecule has 0 atom stereocenters. The second kappa shape index (κ2) is 12.0. The average Bonchev–Trinajstić information content (AvgIpc) is 3.49. The largest absolute Gasteiger partial charge is 0.368 e. The van der Waals surface area contributed by atoms with Gasteiger partial charge in [0, 0.05) is 56.3 Å². The molecule has 166 valence electrons. The molecule has 0 bridgehead atoms. The van der Waals surface area contributed by atoms with Gasteiger partial charge in [0.2, 0.25) is 0 Å². The molecule has 0 saturated carbocycles. The minimum atomic E-state index is 0. The lowest BCUT2D eigenvalue weighted by atomic mass is 10.2. The van der Waals surface area contributed by atoms with Crippen LogP contribution in [0, 0.1) is 0 Å². The van der Waals surface area contributed by atoms with E-state index in [1.54, 1.807) is 11.3 Å². The Morgan fingerprint density at radius 1 is 1.10 bits per heavy atom. The van der Waals surface area contributed by atoms with Gasteiger partial charge in [-0.15, -0.1) is 45.5 Å². The van der Waals surface area contributed by atoms with E-state index in [0.29, 0.717) is 6.54 Å². The number of halogens is 1. The van der Waals surface area contributed by atoms with Crippen molar-refractivity contribution in [3.05, 3.63) is 64.9 Å². The van der Waals surface area contributed by atoms with Gasteiger partial charge in [-0.25, -0.2) is 4.99 Å². The molecule has 1 aliphatic heterocycles. The third kappa shape index (κ3) is 6.42. The molecule has 31 heavy (non-hydrogen) atoms. The fraction of sp³-hybridized carbons (Fsp3) is 0.409. The van der Waals surface area contributed by atoms with Crippen molar-refractivity contribution < 1.29 is 0 Å². The molecule has 1 aliphatic rings. The Kier molecular flexibility index (Phi) is 9.13. The summed E-state index contributed by atoms with van der Waals surface area (Å²) in [5, 5.41) is 13.9. The third-order valence-electron chi connectivity index (χ3n) is 5.31. The highest BCUT2D eigenvalue weighted by Crippen LogP contribution is 2.16. The van der Waals surface area contributed by atoms with E-state index in [1.807, 2.05) is 6.33 Å². The number of piperazine rings is 1. The highest BCUT2D eigenvalue weighted by Gasteiger charge is 2.20. The van der Waals surface area contributed by atoms with Crippen molar-refractivity contribution in [3.63, 3.8) is 0 Å². The van der Waals surface area contributed by atoms with Crippen molar-refractivity contribution in [2.75, 3.05) is 37.6 Å². The summed E-state index contributed by atoms with van der Waals surface area (Å²) in [6, 6.07) is 14.9. The Morgan fingerprint density at radius 3 is 2.61 bits per heavy atom. The topological polar surface area (TPSA) is 61.6 Å². The molecule has 1 saturated heterocycles. The number of rotatable bonds is 7. The fourth-order valence-corrected chi connectivity index (χ4v) is 4.29. The number of aryl methyl sites for hydroxylation is 1. The SMILES string of the molecule is CCc1nncn1CCNC(=NCc1cccs1)N1CCN(c2ccccc2)CC1.I. The maximum absolute atomic E-state index is 4.93. The Bertz CT molecular complexity index is 919. The molecular formula is C22H30IN7S. The molecule has 1 aromatic carbocycles. The van der Waals surface area contributed by atoms with Gasteiger partial charge < -0.3 is 19.7 Å². The van der Waals surface area contributed by atoms with E-state index >= 15 is 0 Å². The molecule has 4 rings (SSSR count). The molecule has 3 heterocycles. The van der Waals surface area contributed by atoms with Gasteiger partial charge in [-0.2, -0.15) is 0 Å². The minimum absolute atomic E-state index is 0. The first kappa shape index (κ1) is 23.5. The lowest BCUT2D eigenvalue weighted by molar-refractivity contribution is 0.370. The summed E-state index contributed by atoms with van der Waals surface area (Å²) in [5.41, 5.74) is 1.29. The Balaban J connectivity index is 0.00000272. The zero-order chi connectivity index (χ0) is 20.6. The van der Waals surface area contributed by atoms with E-state index in [2.05, 4.69) is 84.6 Å². The number of hydrogen-bond acceptors (Lipinski definition) is 5. The number of benzene rings is 1. The monoisotopic (exact) mass is 551 g/mol. The van der Waals surface area contributed by atoms with Gasteiger partial charge in [-0.1, -0.05) is 31.2 Å². The number of aromatic nitrogens is 3. The van der Waals surface area contributed by atoms with Crippen LogP contribution in [0.5, 0.6) is 0 Å². The fourth-order valence-electron chi connectivity index (χ4n) is 3.67. The Labute approximate surface area is 205 Å². The summed E-state index contributed by atoms with van der Waals surface area (Å²) in [5.74, 6) is 2.01. The highest BCUT2D eigenvalue weighted by atomic mass is 127. The molecule has 0 radical (unpaired) electrons. The normalized spacial score (nSPS) is 14.4. The zero-order valence-electron chi connectivity index (χ0n) is 17.9. The number of para-hydroxylation sites is 1. The lowest BCUT2D eigenvalue weighted by Gasteiger charge is -2.37. The number of aliphatic imine (C=N–C) groups is 1. The highest BCUT2D eigenvalue weighted by molar-refractivity contribution is 14.0. The molecule has 7 nitrogen and oxygen atoms in total. The third-order valence-corrected chi connectivity index (χ3v) is 6.17. The molecule has 2 aromatic heterocycles. The summed E-state index contributed by atoms with van der Waals surface area (Å²) in [6.07, 6.45) is 2.70. The van der Waals surface area contributed by atoms with Gasteiger partial charge in [0.25, 0.3) is 0 Å². The van der Waals surface area contributed by atoms with E-state index in [-0.39, 0.29) is 24.0 Å². The molecule has 1 fully saturated rings. The minimum Gasteiger partial charge on any atom is -0.368 e. The van der Waals surface area contributed by atoms with Crippen LogP contribution in [0.15, 0.2) is 59.2 Å². The van der Waals surface area contributed by atoms with Crippen LogP contribution >= 0.6 is 35.3 Å². The Morgan fingerprint density at radius 2 is 1.90 bits per heavy atom. The smallest absolute Gasteiger partial charge is 0.194 e. The van der Waals surface area contributed by atoms with Gasteiger partial charge in [0.15, 0.2) is 5.96 Å². The van der Waals surface area contributed by atoms with Gasteiger partial charge in [-0.3, -0.25) is 0 Å². The standard InChI is InChI=1S/C22H29N7S.HI/c1-2-21-26-25-18-29(21)11-10-23-22(24-17-20-9-6-16-30-20)28-14-12-27(13-15-28)19-7-4-3-5-8-19;/h3-9,16,18H,2,10-15,17H2,1H3,(H,23,24);1H. The quantitative estimate of drug-likeness (QED) is 0.277. The van der Waals surface area contributed by atoms with Crippen LogP contribution in [0.1, 0.15) is 17.6 Å². The van der Waals surface area contributed by atoms with Gasteiger partial charge in [0.05, 0.1) is 6.54 Å². The molecular weight excluding hydrogens is 521 g/mol. The van der Waals surface area contributed by atoms with Crippen molar-refractivity contribution >= 4 is 47.0 Å². The maximum atomic E-state index is 4.93. The van der Waals surface area contributed by atoms with E-state index in [0.717, 1.165) is 57.5 Å². The van der Waals surface area contributed by atoms with Crippen LogP contribution in [0.2, 0.25) is 0 Å². The van der Waals surface area contributed by atoms with Crippen molar-refractivity contribution in [3.8, 4) is 0 Å². The first-order chi connectivity index (χ1) is 14.8. The molecule has 1 N–H and O–H groups in total. The number of nitrogens with zero attached hydrogens (tertiary/aromatic N) is 6. The van der Waals surface area contributed by atoms with Crippen molar-refractivity contribution in [2.45, 2.75) is 26.4 Å². The average molecular weight is 552 g/mol. The van der Waals surface area contributed by atoms with Crippen LogP contribution in [0.25, 0.3) is 0 Å².